The van der Waals surface area contributed by atoms with Crippen molar-refractivity contribution in [3.63, 3.8) is 0 Å². The molecule has 3 N–H and O–H groups in total. The highest BCUT2D eigenvalue weighted by Gasteiger charge is 2.26. The van der Waals surface area contributed by atoms with Gasteiger partial charge in [-0.25, -0.2) is 0 Å². The van der Waals surface area contributed by atoms with Gasteiger partial charge in [-0.05, 0) is 48.4 Å². The van der Waals surface area contributed by atoms with E-state index in [1.54, 1.807) is 41.3 Å². The molecule has 1 aliphatic heterocycles. The van der Waals surface area contributed by atoms with Crippen molar-refractivity contribution in [2.24, 2.45) is 0 Å². The molecule has 0 saturated carbocycles. The topological polar surface area (TPSA) is 82.0 Å². The van der Waals surface area contributed by atoms with E-state index in [9.17, 15) is 9.90 Å². The third-order valence-corrected chi connectivity index (χ3v) is 4.25. The molecule has 1 unspecified atom stereocenters. The smallest absolute Gasteiger partial charge is 0.260 e. The van der Waals surface area contributed by atoms with Crippen LogP contribution in [0.4, 0.5) is 5.69 Å². The molecule has 6 heteroatoms. The minimum absolute atomic E-state index is 0.00437. The molecular formula is C19H22N2O4. The number of nitrogens with one attached hydrogen (secondary N) is 1. The Morgan fingerprint density at radius 1 is 1.16 bits per heavy atom. The highest BCUT2D eigenvalue weighted by atomic mass is 16.5. The van der Waals surface area contributed by atoms with Gasteiger partial charge in [-0.2, -0.15) is 0 Å². The normalized spacial score (nSPS) is 16.7. The summed E-state index contributed by atoms with van der Waals surface area (Å²) < 4.78 is 5.53. The number of carbonyl (C=O) groups is 1. The fourth-order valence-corrected chi connectivity index (χ4v) is 2.83. The monoisotopic (exact) mass is 342 g/mol. The van der Waals surface area contributed by atoms with Gasteiger partial charge in [0.25, 0.3) is 5.91 Å². The van der Waals surface area contributed by atoms with Crippen LogP contribution in [0, 0.1) is 0 Å². The van der Waals surface area contributed by atoms with Crippen LogP contribution in [0.25, 0.3) is 0 Å². The molecule has 0 aromatic heterocycles. The molecule has 132 valence electrons. The number of likely N-dealkylation sites (tertiary alicyclic amines) is 1. The molecule has 25 heavy (non-hydrogen) atoms. The van der Waals surface area contributed by atoms with Crippen LogP contribution >= 0.6 is 0 Å². The van der Waals surface area contributed by atoms with Crippen LogP contribution in [0.5, 0.6) is 11.5 Å². The van der Waals surface area contributed by atoms with Crippen molar-refractivity contribution in [3.8, 4) is 11.5 Å². The lowest BCUT2D eigenvalue weighted by Crippen LogP contribution is -2.34. The van der Waals surface area contributed by atoms with Gasteiger partial charge in [-0.1, -0.05) is 12.1 Å². The first kappa shape index (κ1) is 17.1. The predicted octanol–water partition coefficient (Wildman–Crippen LogP) is 1.98. The molecule has 0 radical (unpaired) electrons. The van der Waals surface area contributed by atoms with E-state index in [-0.39, 0.29) is 30.9 Å². The zero-order valence-electron chi connectivity index (χ0n) is 13.9. The molecule has 1 saturated heterocycles. The standard InChI is InChI=1S/C19H22N2O4/c22-12-14-1-7-18(8-2-14)25-13-19(24)21-10-9-16(11-21)20-15-3-5-17(23)6-4-15/h1-8,16,20,22-23H,9-13H2. The van der Waals surface area contributed by atoms with E-state index in [2.05, 4.69) is 5.32 Å². The maximum atomic E-state index is 12.3. The number of phenolic OH excluding ortho intramolecular Hbond substituents is 1. The summed E-state index contributed by atoms with van der Waals surface area (Å²) in [5.41, 5.74) is 1.73. The van der Waals surface area contributed by atoms with Crippen molar-refractivity contribution in [2.75, 3.05) is 25.0 Å². The Hall–Kier alpha value is -2.73. The molecule has 0 aliphatic carbocycles. The summed E-state index contributed by atoms with van der Waals surface area (Å²) in [7, 11) is 0. The van der Waals surface area contributed by atoms with Gasteiger partial charge in [0.2, 0.25) is 0 Å². The van der Waals surface area contributed by atoms with Crippen molar-refractivity contribution in [1.82, 2.24) is 4.90 Å². The summed E-state index contributed by atoms with van der Waals surface area (Å²) in [5, 5.41) is 21.7. The van der Waals surface area contributed by atoms with Crippen LogP contribution in [-0.4, -0.2) is 46.8 Å². The van der Waals surface area contributed by atoms with Gasteiger partial charge in [0, 0.05) is 24.8 Å². The number of amides is 1. The van der Waals surface area contributed by atoms with Gasteiger partial charge in [0.1, 0.15) is 11.5 Å². The van der Waals surface area contributed by atoms with Crippen LogP contribution in [0.2, 0.25) is 0 Å². The van der Waals surface area contributed by atoms with E-state index in [4.69, 9.17) is 9.84 Å². The zero-order valence-corrected chi connectivity index (χ0v) is 13.9. The molecule has 1 aliphatic rings. The zero-order chi connectivity index (χ0) is 17.6. The Kier molecular flexibility index (Phi) is 5.40. The number of nitrogens with zero attached hydrogens (tertiary/aromatic N) is 1. The number of aromatic hydroxyl groups is 1. The lowest BCUT2D eigenvalue weighted by atomic mass is 10.2. The second kappa shape index (κ2) is 7.90. The average molecular weight is 342 g/mol. The van der Waals surface area contributed by atoms with E-state index >= 15 is 0 Å². The van der Waals surface area contributed by atoms with Gasteiger partial charge in [-0.15, -0.1) is 0 Å². The molecule has 3 rings (SSSR count). The molecule has 1 amide bonds. The largest absolute Gasteiger partial charge is 0.508 e. The molecule has 2 aromatic carbocycles. The summed E-state index contributed by atoms with van der Waals surface area (Å²) >= 11 is 0. The van der Waals surface area contributed by atoms with E-state index < -0.39 is 0 Å². The van der Waals surface area contributed by atoms with E-state index in [0.717, 1.165) is 17.7 Å². The van der Waals surface area contributed by atoms with Gasteiger partial charge in [-0.3, -0.25) is 4.79 Å². The Morgan fingerprint density at radius 2 is 1.88 bits per heavy atom. The van der Waals surface area contributed by atoms with Crippen LogP contribution < -0.4 is 10.1 Å². The minimum Gasteiger partial charge on any atom is -0.508 e. The van der Waals surface area contributed by atoms with Gasteiger partial charge in [0.15, 0.2) is 6.61 Å². The van der Waals surface area contributed by atoms with Crippen LogP contribution in [-0.2, 0) is 11.4 Å². The van der Waals surface area contributed by atoms with Crippen LogP contribution in [0.1, 0.15) is 12.0 Å². The first-order chi connectivity index (χ1) is 12.1. The first-order valence-corrected chi connectivity index (χ1v) is 8.30. The number of ether oxygens (including phenoxy) is 1. The second-order valence-corrected chi connectivity index (χ2v) is 6.11. The second-order valence-electron chi connectivity index (χ2n) is 6.11. The molecule has 0 bridgehead atoms. The third kappa shape index (κ3) is 4.64. The van der Waals surface area contributed by atoms with Crippen molar-refractivity contribution < 1.29 is 19.7 Å². The number of anilines is 1. The summed E-state index contributed by atoms with van der Waals surface area (Å²) in [4.78, 5) is 14.1. The van der Waals surface area contributed by atoms with E-state index in [1.165, 1.54) is 0 Å². The van der Waals surface area contributed by atoms with Crippen molar-refractivity contribution in [2.45, 2.75) is 19.1 Å². The Bertz CT molecular complexity index is 700. The minimum atomic E-state index is -0.0405. The fourth-order valence-electron chi connectivity index (χ4n) is 2.83. The van der Waals surface area contributed by atoms with Crippen molar-refractivity contribution in [1.29, 1.82) is 0 Å². The lowest BCUT2D eigenvalue weighted by Gasteiger charge is -2.18. The molecule has 1 heterocycles. The average Bonchev–Trinajstić information content (AvgIpc) is 3.10. The molecular weight excluding hydrogens is 320 g/mol. The van der Waals surface area contributed by atoms with E-state index in [0.29, 0.717) is 18.8 Å². The quantitative estimate of drug-likeness (QED) is 0.699. The summed E-state index contributed by atoms with van der Waals surface area (Å²) in [6, 6.07) is 14.1. The molecule has 6 nitrogen and oxygen atoms in total. The van der Waals surface area contributed by atoms with Gasteiger partial charge in [0.05, 0.1) is 6.61 Å². The highest BCUT2D eigenvalue weighted by Crippen LogP contribution is 2.19. The summed E-state index contributed by atoms with van der Waals surface area (Å²) in [5.74, 6) is 0.808. The number of benzene rings is 2. The van der Waals surface area contributed by atoms with Gasteiger partial charge >= 0.3 is 0 Å². The molecule has 2 aromatic rings. The van der Waals surface area contributed by atoms with Gasteiger partial charge < -0.3 is 25.2 Å². The molecule has 1 atom stereocenters. The molecule has 0 spiro atoms. The Balaban J connectivity index is 1.46. The molecule has 1 fully saturated rings. The number of carbonyl (C=O) groups excluding carboxylic acids is 1. The van der Waals surface area contributed by atoms with Crippen molar-refractivity contribution >= 4 is 11.6 Å². The summed E-state index contributed by atoms with van der Waals surface area (Å²) in [6.45, 7) is 1.32. The highest BCUT2D eigenvalue weighted by molar-refractivity contribution is 5.78. The number of aliphatic hydroxyl groups excluding tert-OH is 1. The Labute approximate surface area is 146 Å². The number of aliphatic hydroxyl groups is 1. The van der Waals surface area contributed by atoms with Crippen molar-refractivity contribution in [3.05, 3.63) is 54.1 Å². The lowest BCUT2D eigenvalue weighted by molar-refractivity contribution is -0.132. The Morgan fingerprint density at radius 3 is 2.56 bits per heavy atom. The predicted molar refractivity (Wildman–Crippen MR) is 94.6 cm³/mol. The van der Waals surface area contributed by atoms with E-state index in [1.807, 2.05) is 12.1 Å². The number of hydrogen-bond acceptors (Lipinski definition) is 5. The number of rotatable bonds is 6. The maximum Gasteiger partial charge on any atom is 0.260 e. The third-order valence-electron chi connectivity index (χ3n) is 4.25. The fraction of sp³-hybridized carbons (Fsp3) is 0.316. The number of phenols is 1. The SMILES string of the molecule is O=C(COc1ccc(CO)cc1)N1CCC(Nc2ccc(O)cc2)C1. The summed E-state index contributed by atoms with van der Waals surface area (Å²) in [6.07, 6.45) is 0.873. The first-order valence-electron chi connectivity index (χ1n) is 8.30. The maximum absolute atomic E-state index is 12.3. The number of hydrogen-bond donors (Lipinski definition) is 3. The van der Waals surface area contributed by atoms with Crippen LogP contribution in [0.3, 0.4) is 0 Å². The van der Waals surface area contributed by atoms with Crippen LogP contribution in [0.15, 0.2) is 48.5 Å².